The Bertz CT molecular complexity index is 362. The average Bonchev–Trinajstić information content (AvgIpc) is 2.30. The molecule has 0 aromatic heterocycles. The summed E-state index contributed by atoms with van der Waals surface area (Å²) >= 11 is 0. The molecule has 1 aromatic rings. The van der Waals surface area contributed by atoms with Crippen molar-refractivity contribution in [3.05, 3.63) is 29.6 Å². The summed E-state index contributed by atoms with van der Waals surface area (Å²) in [6, 6.07) is 4.89. The maximum Gasteiger partial charge on any atom is 0.146 e. The molecule has 1 unspecified atom stereocenters. The SMILES string of the molecule is CC(O)c1ccc(N2CCOCC2)c(F)c1. The van der Waals surface area contributed by atoms with Crippen molar-refractivity contribution in [3.63, 3.8) is 0 Å². The van der Waals surface area contributed by atoms with Crippen LogP contribution in [0.5, 0.6) is 0 Å². The summed E-state index contributed by atoms with van der Waals surface area (Å²) in [5.74, 6) is -0.277. The van der Waals surface area contributed by atoms with Gasteiger partial charge in [0.25, 0.3) is 0 Å². The standard InChI is InChI=1S/C12H16FNO2/c1-9(15)10-2-3-12(11(13)8-10)14-4-6-16-7-5-14/h2-3,8-9,15H,4-7H2,1H3. The zero-order chi connectivity index (χ0) is 11.5. The predicted molar refractivity (Wildman–Crippen MR) is 60.1 cm³/mol. The number of aliphatic hydroxyl groups excluding tert-OH is 1. The first kappa shape index (κ1) is 11.4. The molecular weight excluding hydrogens is 209 g/mol. The van der Waals surface area contributed by atoms with Gasteiger partial charge in [0.05, 0.1) is 25.0 Å². The van der Waals surface area contributed by atoms with E-state index in [1.165, 1.54) is 6.07 Å². The minimum Gasteiger partial charge on any atom is -0.389 e. The van der Waals surface area contributed by atoms with Crippen molar-refractivity contribution in [3.8, 4) is 0 Å². The molecule has 1 heterocycles. The quantitative estimate of drug-likeness (QED) is 0.831. The van der Waals surface area contributed by atoms with Gasteiger partial charge >= 0.3 is 0 Å². The largest absolute Gasteiger partial charge is 0.389 e. The van der Waals surface area contributed by atoms with Gasteiger partial charge in [0.1, 0.15) is 5.82 Å². The van der Waals surface area contributed by atoms with E-state index >= 15 is 0 Å². The Kier molecular flexibility index (Phi) is 3.41. The Hall–Kier alpha value is -1.13. The molecule has 1 atom stereocenters. The van der Waals surface area contributed by atoms with Gasteiger partial charge in [-0.3, -0.25) is 0 Å². The molecule has 0 radical (unpaired) electrons. The van der Waals surface area contributed by atoms with Crippen molar-refractivity contribution in [2.75, 3.05) is 31.2 Å². The van der Waals surface area contributed by atoms with Gasteiger partial charge in [-0.15, -0.1) is 0 Å². The Morgan fingerprint density at radius 1 is 1.38 bits per heavy atom. The van der Waals surface area contributed by atoms with E-state index in [1.807, 2.05) is 4.90 Å². The summed E-state index contributed by atoms with van der Waals surface area (Å²) in [4.78, 5) is 1.96. The molecular formula is C12H16FNO2. The van der Waals surface area contributed by atoms with Crippen LogP contribution in [0.3, 0.4) is 0 Å². The fourth-order valence-electron chi connectivity index (χ4n) is 1.84. The number of aliphatic hydroxyl groups is 1. The molecule has 0 bridgehead atoms. The van der Waals surface area contributed by atoms with Crippen LogP contribution in [0.15, 0.2) is 18.2 Å². The van der Waals surface area contributed by atoms with E-state index < -0.39 is 6.10 Å². The number of anilines is 1. The van der Waals surface area contributed by atoms with Crippen molar-refractivity contribution in [1.29, 1.82) is 0 Å². The number of rotatable bonds is 2. The summed E-state index contributed by atoms with van der Waals surface area (Å²) in [6.07, 6.45) is -0.631. The third-order valence-electron chi connectivity index (χ3n) is 2.81. The molecule has 1 aliphatic rings. The minimum absolute atomic E-state index is 0.277. The number of hydrogen-bond donors (Lipinski definition) is 1. The molecule has 0 amide bonds. The van der Waals surface area contributed by atoms with Gasteiger partial charge in [0.15, 0.2) is 0 Å². The Morgan fingerprint density at radius 2 is 2.06 bits per heavy atom. The fraction of sp³-hybridized carbons (Fsp3) is 0.500. The van der Waals surface area contributed by atoms with Crippen LogP contribution in [-0.4, -0.2) is 31.4 Å². The fourth-order valence-corrected chi connectivity index (χ4v) is 1.84. The summed E-state index contributed by atoms with van der Waals surface area (Å²) in [5.41, 5.74) is 1.20. The van der Waals surface area contributed by atoms with Gasteiger partial charge in [-0.05, 0) is 24.6 Å². The highest BCUT2D eigenvalue weighted by Crippen LogP contribution is 2.24. The van der Waals surface area contributed by atoms with Crippen LogP contribution in [0, 0.1) is 5.82 Å². The highest BCUT2D eigenvalue weighted by atomic mass is 19.1. The Morgan fingerprint density at radius 3 is 2.62 bits per heavy atom. The van der Waals surface area contributed by atoms with Gasteiger partial charge in [-0.2, -0.15) is 0 Å². The molecule has 0 aliphatic carbocycles. The highest BCUT2D eigenvalue weighted by Gasteiger charge is 2.15. The Balaban J connectivity index is 2.21. The highest BCUT2D eigenvalue weighted by molar-refractivity contribution is 5.49. The summed E-state index contributed by atoms with van der Waals surface area (Å²) in [6.45, 7) is 4.33. The maximum absolute atomic E-state index is 13.8. The van der Waals surface area contributed by atoms with Gasteiger partial charge in [0.2, 0.25) is 0 Å². The number of ether oxygens (including phenoxy) is 1. The van der Waals surface area contributed by atoms with Gasteiger partial charge in [0, 0.05) is 13.1 Å². The van der Waals surface area contributed by atoms with E-state index in [0.29, 0.717) is 37.6 Å². The van der Waals surface area contributed by atoms with Gasteiger partial charge < -0.3 is 14.7 Å². The average molecular weight is 225 g/mol. The second-order valence-corrected chi connectivity index (χ2v) is 3.99. The van der Waals surface area contributed by atoms with E-state index in [4.69, 9.17) is 4.74 Å². The second-order valence-electron chi connectivity index (χ2n) is 3.99. The smallest absolute Gasteiger partial charge is 0.146 e. The van der Waals surface area contributed by atoms with Crippen molar-refractivity contribution < 1.29 is 14.2 Å². The van der Waals surface area contributed by atoms with E-state index in [2.05, 4.69) is 0 Å². The first-order valence-electron chi connectivity index (χ1n) is 5.48. The number of halogens is 1. The second kappa shape index (κ2) is 4.80. The molecule has 0 saturated carbocycles. The lowest BCUT2D eigenvalue weighted by Gasteiger charge is -2.29. The molecule has 1 aliphatic heterocycles. The van der Waals surface area contributed by atoms with E-state index in [1.54, 1.807) is 19.1 Å². The third-order valence-corrected chi connectivity index (χ3v) is 2.81. The lowest BCUT2D eigenvalue weighted by atomic mass is 10.1. The normalized spacial score (nSPS) is 18.6. The lowest BCUT2D eigenvalue weighted by Crippen LogP contribution is -2.36. The molecule has 0 spiro atoms. The zero-order valence-electron chi connectivity index (χ0n) is 9.32. The molecule has 16 heavy (non-hydrogen) atoms. The third kappa shape index (κ3) is 2.33. The topological polar surface area (TPSA) is 32.7 Å². The number of morpholine rings is 1. The Labute approximate surface area is 94.4 Å². The molecule has 4 heteroatoms. The van der Waals surface area contributed by atoms with Crippen LogP contribution in [0.1, 0.15) is 18.6 Å². The maximum atomic E-state index is 13.8. The minimum atomic E-state index is -0.631. The summed E-state index contributed by atoms with van der Waals surface area (Å²) in [7, 11) is 0. The van der Waals surface area contributed by atoms with Crippen molar-refractivity contribution in [2.45, 2.75) is 13.0 Å². The van der Waals surface area contributed by atoms with E-state index in [-0.39, 0.29) is 5.82 Å². The lowest BCUT2D eigenvalue weighted by molar-refractivity contribution is 0.122. The van der Waals surface area contributed by atoms with Crippen molar-refractivity contribution in [1.82, 2.24) is 0 Å². The van der Waals surface area contributed by atoms with Crippen LogP contribution >= 0.6 is 0 Å². The number of benzene rings is 1. The molecule has 3 nitrogen and oxygen atoms in total. The molecule has 2 rings (SSSR count). The molecule has 88 valence electrons. The van der Waals surface area contributed by atoms with Crippen LogP contribution in [0.2, 0.25) is 0 Å². The zero-order valence-corrected chi connectivity index (χ0v) is 9.32. The van der Waals surface area contributed by atoms with Crippen LogP contribution in [0.4, 0.5) is 10.1 Å². The molecule has 1 saturated heterocycles. The van der Waals surface area contributed by atoms with Crippen LogP contribution < -0.4 is 4.90 Å². The van der Waals surface area contributed by atoms with Crippen LogP contribution in [0.25, 0.3) is 0 Å². The monoisotopic (exact) mass is 225 g/mol. The predicted octanol–water partition coefficient (Wildman–Crippen LogP) is 1.72. The number of hydrogen-bond acceptors (Lipinski definition) is 3. The first-order chi connectivity index (χ1) is 7.68. The van der Waals surface area contributed by atoms with E-state index in [0.717, 1.165) is 0 Å². The molecule has 1 aromatic carbocycles. The summed E-state index contributed by atoms with van der Waals surface area (Å²) in [5, 5.41) is 9.35. The van der Waals surface area contributed by atoms with Gasteiger partial charge in [-0.25, -0.2) is 4.39 Å². The van der Waals surface area contributed by atoms with Crippen LogP contribution in [-0.2, 0) is 4.74 Å². The molecule has 1 N–H and O–H groups in total. The number of nitrogens with zero attached hydrogens (tertiary/aromatic N) is 1. The van der Waals surface area contributed by atoms with Gasteiger partial charge in [-0.1, -0.05) is 6.07 Å². The van der Waals surface area contributed by atoms with Crippen molar-refractivity contribution in [2.24, 2.45) is 0 Å². The first-order valence-corrected chi connectivity index (χ1v) is 5.48. The van der Waals surface area contributed by atoms with Crippen molar-refractivity contribution >= 4 is 5.69 Å². The van der Waals surface area contributed by atoms with E-state index in [9.17, 15) is 9.50 Å². The molecule has 1 fully saturated rings. The summed E-state index contributed by atoms with van der Waals surface area (Å²) < 4.78 is 19.0.